The lowest BCUT2D eigenvalue weighted by Gasteiger charge is -2.26. The highest BCUT2D eigenvalue weighted by Gasteiger charge is 2.26. The Kier molecular flexibility index (Phi) is 4.80. The Morgan fingerprint density at radius 3 is 2.67 bits per heavy atom. The highest BCUT2D eigenvalue weighted by molar-refractivity contribution is 7.90. The molecule has 1 aromatic carbocycles. The number of aromatic nitrogens is 3. The lowest BCUT2D eigenvalue weighted by molar-refractivity contribution is 0.0946. The lowest BCUT2D eigenvalue weighted by atomic mass is 10.1. The van der Waals surface area contributed by atoms with E-state index in [1.165, 1.54) is 6.26 Å². The quantitative estimate of drug-likeness (QED) is 0.576. The van der Waals surface area contributed by atoms with Gasteiger partial charge in [-0.15, -0.1) is 0 Å². The number of carbonyl (C=O) groups is 1. The third-order valence-corrected chi connectivity index (χ3v) is 6.29. The number of fused-ring (bicyclic) bond motifs is 2. The number of aryl methyl sites for hydroxylation is 1. The SMILES string of the molecule is Cc1nc2cccc(-c3cc4c([nH]3)CCNC4=O)c2nc1NC(C)(C)CS(C)(=O)=O. The lowest BCUT2D eigenvalue weighted by Crippen LogP contribution is -2.39. The summed E-state index contributed by atoms with van der Waals surface area (Å²) in [6.45, 7) is 6.10. The second-order valence-electron chi connectivity index (χ2n) is 8.49. The van der Waals surface area contributed by atoms with E-state index in [0.29, 0.717) is 29.1 Å². The van der Waals surface area contributed by atoms with Gasteiger partial charge in [-0.1, -0.05) is 12.1 Å². The van der Waals surface area contributed by atoms with Gasteiger partial charge in [-0.05, 0) is 32.9 Å². The predicted octanol–water partition coefficient (Wildman–Crippen LogP) is 2.45. The van der Waals surface area contributed by atoms with Gasteiger partial charge in [0.2, 0.25) is 0 Å². The van der Waals surface area contributed by atoms with Crippen molar-refractivity contribution in [1.29, 1.82) is 0 Å². The minimum atomic E-state index is -3.17. The van der Waals surface area contributed by atoms with Gasteiger partial charge in [0.1, 0.15) is 21.2 Å². The highest BCUT2D eigenvalue weighted by Crippen LogP contribution is 2.30. The van der Waals surface area contributed by atoms with Crippen molar-refractivity contribution >= 4 is 32.6 Å². The van der Waals surface area contributed by atoms with Crippen LogP contribution in [0.15, 0.2) is 24.3 Å². The van der Waals surface area contributed by atoms with E-state index in [1.807, 2.05) is 45.0 Å². The molecule has 8 nitrogen and oxygen atoms in total. The predicted molar refractivity (Wildman–Crippen MR) is 118 cm³/mol. The third-order valence-electron chi connectivity index (χ3n) is 5.04. The molecule has 3 N–H and O–H groups in total. The summed E-state index contributed by atoms with van der Waals surface area (Å²) in [5.74, 6) is 0.433. The Morgan fingerprint density at radius 2 is 1.97 bits per heavy atom. The Morgan fingerprint density at radius 1 is 1.20 bits per heavy atom. The number of carbonyl (C=O) groups excluding carboxylic acids is 1. The average Bonchev–Trinajstić information content (AvgIpc) is 3.05. The first-order valence-electron chi connectivity index (χ1n) is 9.76. The van der Waals surface area contributed by atoms with Crippen molar-refractivity contribution in [3.63, 3.8) is 0 Å². The van der Waals surface area contributed by atoms with Gasteiger partial charge in [-0.3, -0.25) is 4.79 Å². The topological polar surface area (TPSA) is 117 Å². The molecule has 9 heteroatoms. The molecule has 0 spiro atoms. The molecule has 0 saturated carbocycles. The first-order valence-corrected chi connectivity index (χ1v) is 11.8. The van der Waals surface area contributed by atoms with Crippen molar-refractivity contribution in [1.82, 2.24) is 20.3 Å². The van der Waals surface area contributed by atoms with E-state index in [4.69, 9.17) is 4.98 Å². The molecule has 3 heterocycles. The number of aromatic amines is 1. The number of hydrogen-bond donors (Lipinski definition) is 3. The van der Waals surface area contributed by atoms with Gasteiger partial charge in [0.25, 0.3) is 5.91 Å². The fraction of sp³-hybridized carbons (Fsp3) is 0.381. The molecule has 0 bridgehead atoms. The fourth-order valence-corrected chi connectivity index (χ4v) is 5.33. The summed E-state index contributed by atoms with van der Waals surface area (Å²) in [5, 5.41) is 6.10. The Bertz CT molecular complexity index is 1260. The van der Waals surface area contributed by atoms with Crippen LogP contribution in [0.25, 0.3) is 22.3 Å². The number of sulfone groups is 1. The van der Waals surface area contributed by atoms with Gasteiger partial charge in [-0.25, -0.2) is 18.4 Å². The first-order chi connectivity index (χ1) is 14.0. The van der Waals surface area contributed by atoms with Crippen LogP contribution < -0.4 is 10.6 Å². The van der Waals surface area contributed by atoms with Gasteiger partial charge in [0, 0.05) is 41.7 Å². The van der Waals surface area contributed by atoms with Crippen molar-refractivity contribution in [2.75, 3.05) is 23.9 Å². The first kappa shape index (κ1) is 20.3. The van der Waals surface area contributed by atoms with Crippen LogP contribution in [0, 0.1) is 6.92 Å². The van der Waals surface area contributed by atoms with Gasteiger partial charge < -0.3 is 15.6 Å². The van der Waals surface area contributed by atoms with E-state index in [2.05, 4.69) is 20.6 Å². The van der Waals surface area contributed by atoms with Crippen molar-refractivity contribution in [2.24, 2.45) is 0 Å². The molecule has 1 aliphatic rings. The summed E-state index contributed by atoms with van der Waals surface area (Å²) < 4.78 is 23.6. The van der Waals surface area contributed by atoms with Crippen LogP contribution in [0.5, 0.6) is 0 Å². The number of nitrogens with zero attached hydrogens (tertiary/aromatic N) is 2. The zero-order valence-electron chi connectivity index (χ0n) is 17.5. The van der Waals surface area contributed by atoms with E-state index in [1.54, 1.807) is 0 Å². The molecular formula is C21H25N5O3S. The summed E-state index contributed by atoms with van der Waals surface area (Å²) in [4.78, 5) is 25.0. The monoisotopic (exact) mass is 427 g/mol. The van der Waals surface area contributed by atoms with Crippen molar-refractivity contribution in [2.45, 2.75) is 32.7 Å². The van der Waals surface area contributed by atoms with Crippen LogP contribution in [-0.2, 0) is 16.3 Å². The molecule has 1 amide bonds. The molecule has 0 atom stereocenters. The third kappa shape index (κ3) is 4.02. The number of H-pyrrole nitrogens is 1. The van der Waals surface area contributed by atoms with Crippen LogP contribution in [0.3, 0.4) is 0 Å². The molecule has 0 fully saturated rings. The largest absolute Gasteiger partial charge is 0.363 e. The molecule has 0 aliphatic carbocycles. The van der Waals surface area contributed by atoms with Crippen LogP contribution in [0.4, 0.5) is 5.82 Å². The van der Waals surface area contributed by atoms with Crippen LogP contribution in [-0.4, -0.2) is 53.4 Å². The van der Waals surface area contributed by atoms with Crippen molar-refractivity contribution < 1.29 is 13.2 Å². The molecule has 0 radical (unpaired) electrons. The Hall–Kier alpha value is -2.94. The molecule has 4 rings (SSSR count). The molecule has 2 aromatic heterocycles. The number of rotatable bonds is 5. The molecule has 1 aliphatic heterocycles. The minimum absolute atomic E-state index is 0.0285. The van der Waals surface area contributed by atoms with Crippen LogP contribution in [0.1, 0.15) is 35.6 Å². The molecule has 0 saturated heterocycles. The van der Waals surface area contributed by atoms with Crippen LogP contribution in [0.2, 0.25) is 0 Å². The van der Waals surface area contributed by atoms with E-state index in [0.717, 1.165) is 28.9 Å². The molecular weight excluding hydrogens is 402 g/mol. The smallest absolute Gasteiger partial charge is 0.253 e. The summed E-state index contributed by atoms with van der Waals surface area (Å²) in [5.41, 5.74) is 4.60. The van der Waals surface area contributed by atoms with E-state index >= 15 is 0 Å². The number of amides is 1. The average molecular weight is 428 g/mol. The van der Waals surface area contributed by atoms with E-state index in [-0.39, 0.29) is 11.7 Å². The van der Waals surface area contributed by atoms with Gasteiger partial charge in [-0.2, -0.15) is 0 Å². The maximum absolute atomic E-state index is 12.1. The van der Waals surface area contributed by atoms with E-state index < -0.39 is 15.4 Å². The summed E-state index contributed by atoms with van der Waals surface area (Å²) >= 11 is 0. The second kappa shape index (κ2) is 7.09. The summed E-state index contributed by atoms with van der Waals surface area (Å²) in [6, 6.07) is 7.58. The molecule has 0 unspecified atom stereocenters. The summed E-state index contributed by atoms with van der Waals surface area (Å²) in [7, 11) is -3.17. The second-order valence-corrected chi connectivity index (χ2v) is 10.6. The maximum Gasteiger partial charge on any atom is 0.253 e. The molecule has 158 valence electrons. The Balaban J connectivity index is 1.80. The number of hydrogen-bond acceptors (Lipinski definition) is 6. The molecule has 3 aromatic rings. The number of para-hydroxylation sites is 1. The zero-order chi connectivity index (χ0) is 21.7. The van der Waals surface area contributed by atoms with Crippen molar-refractivity contribution in [3.05, 3.63) is 41.2 Å². The summed E-state index contributed by atoms with van der Waals surface area (Å²) in [6.07, 6.45) is 1.97. The normalized spacial score (nSPS) is 14.5. The van der Waals surface area contributed by atoms with Crippen molar-refractivity contribution in [3.8, 4) is 11.3 Å². The van der Waals surface area contributed by atoms with Gasteiger partial charge in [0.05, 0.1) is 22.5 Å². The number of anilines is 1. The fourth-order valence-electron chi connectivity index (χ4n) is 3.95. The number of benzene rings is 1. The zero-order valence-corrected chi connectivity index (χ0v) is 18.3. The standard InChI is InChI=1S/C21H25N5O3S/c1-12-19(26-21(2,3)11-30(4,28)29)25-18-13(6-5-7-16(18)23-12)17-10-14-15(24-17)8-9-22-20(14)27/h5-7,10,24H,8-9,11H2,1-4H3,(H,22,27)(H,25,26). The minimum Gasteiger partial charge on any atom is -0.363 e. The maximum atomic E-state index is 12.1. The van der Waals surface area contributed by atoms with Gasteiger partial charge >= 0.3 is 0 Å². The van der Waals surface area contributed by atoms with Gasteiger partial charge in [0.15, 0.2) is 0 Å². The van der Waals surface area contributed by atoms with E-state index in [9.17, 15) is 13.2 Å². The highest BCUT2D eigenvalue weighted by atomic mass is 32.2. The Labute approximate surface area is 175 Å². The molecule has 30 heavy (non-hydrogen) atoms. The van der Waals surface area contributed by atoms with Crippen LogP contribution >= 0.6 is 0 Å². The number of nitrogens with one attached hydrogen (secondary N) is 3.